The molecule has 7 nitrogen and oxygen atoms in total. The Morgan fingerprint density at radius 2 is 2.26 bits per heavy atom. The summed E-state index contributed by atoms with van der Waals surface area (Å²) < 4.78 is 5.10. The minimum atomic E-state index is -0.117. The van der Waals surface area contributed by atoms with E-state index in [0.717, 1.165) is 12.8 Å². The Labute approximate surface area is 135 Å². The van der Waals surface area contributed by atoms with Gasteiger partial charge in [0.15, 0.2) is 0 Å². The van der Waals surface area contributed by atoms with E-state index >= 15 is 0 Å². The second kappa shape index (κ2) is 6.54. The van der Waals surface area contributed by atoms with Crippen molar-refractivity contribution < 1.29 is 14.3 Å². The minimum absolute atomic E-state index is 0.0690. The summed E-state index contributed by atoms with van der Waals surface area (Å²) in [6, 6.07) is 3.31. The van der Waals surface area contributed by atoms with Crippen molar-refractivity contribution in [1.29, 1.82) is 0 Å². The molecule has 0 aromatic carbocycles. The molecular formula is C16H22N4O3. The smallest absolute Gasteiger partial charge is 0.254 e. The summed E-state index contributed by atoms with van der Waals surface area (Å²) in [5.74, 6) is 0.264. The van der Waals surface area contributed by atoms with Crippen LogP contribution in [0.5, 0.6) is 0 Å². The van der Waals surface area contributed by atoms with Gasteiger partial charge in [0.2, 0.25) is 5.91 Å². The zero-order valence-corrected chi connectivity index (χ0v) is 13.3. The Morgan fingerprint density at radius 3 is 3.00 bits per heavy atom. The molecular weight excluding hydrogens is 296 g/mol. The molecule has 4 heterocycles. The van der Waals surface area contributed by atoms with Gasteiger partial charge >= 0.3 is 0 Å². The van der Waals surface area contributed by atoms with Crippen molar-refractivity contribution in [3.05, 3.63) is 23.9 Å². The molecule has 0 saturated carbocycles. The molecule has 4 rings (SSSR count). The molecule has 1 aromatic rings. The monoisotopic (exact) mass is 318 g/mol. The summed E-state index contributed by atoms with van der Waals surface area (Å²) in [5.41, 5.74) is 6.19. The van der Waals surface area contributed by atoms with Gasteiger partial charge in [-0.3, -0.25) is 9.59 Å². The zero-order chi connectivity index (χ0) is 16.4. The maximum atomic E-state index is 12.7. The van der Waals surface area contributed by atoms with Crippen LogP contribution < -0.4 is 5.73 Å². The Hall–Kier alpha value is -2.15. The number of aromatic nitrogens is 1. The number of hydrogen-bond acceptors (Lipinski definition) is 5. The number of rotatable bonds is 4. The predicted octanol–water partition coefficient (Wildman–Crippen LogP) is 0.373. The molecule has 2 bridgehead atoms. The molecule has 0 unspecified atom stereocenters. The van der Waals surface area contributed by atoms with Gasteiger partial charge in [0, 0.05) is 44.5 Å². The number of nitrogen functional groups attached to an aromatic ring is 1. The van der Waals surface area contributed by atoms with Gasteiger partial charge in [-0.15, -0.1) is 0 Å². The summed E-state index contributed by atoms with van der Waals surface area (Å²) in [6.07, 6.45) is 3.31. The van der Waals surface area contributed by atoms with Gasteiger partial charge in [0.1, 0.15) is 5.82 Å². The number of nitrogens with two attached hydrogens (primary N) is 1. The van der Waals surface area contributed by atoms with E-state index in [2.05, 4.69) is 4.98 Å². The first-order chi connectivity index (χ1) is 11.1. The molecule has 0 spiro atoms. The Morgan fingerprint density at radius 1 is 1.43 bits per heavy atom. The van der Waals surface area contributed by atoms with Crippen LogP contribution in [0.25, 0.3) is 0 Å². The summed E-state index contributed by atoms with van der Waals surface area (Å²) in [4.78, 5) is 32.9. The van der Waals surface area contributed by atoms with Crippen LogP contribution in [0.15, 0.2) is 18.3 Å². The van der Waals surface area contributed by atoms with Crippen LogP contribution in [-0.2, 0) is 9.53 Å². The standard InChI is InChI=1S/C16H22N4O3/c1-23-7-6-20-13-3-2-12(16(20)22)9-19(10-13)15(21)11-4-5-18-14(17)8-11/h4-5,8,12-13H,2-3,6-7,9-10H2,1H3,(H2,17,18)/t12-,13+/m0/s1. The third-order valence-electron chi connectivity index (χ3n) is 4.64. The van der Waals surface area contributed by atoms with Crippen molar-refractivity contribution in [3.8, 4) is 0 Å². The van der Waals surface area contributed by atoms with Gasteiger partial charge in [-0.25, -0.2) is 4.98 Å². The lowest BCUT2D eigenvalue weighted by molar-refractivity contribution is -0.140. The number of methoxy groups -OCH3 is 1. The first-order valence-corrected chi connectivity index (χ1v) is 7.90. The Bertz CT molecular complexity index is 607. The van der Waals surface area contributed by atoms with E-state index < -0.39 is 0 Å². The first-order valence-electron chi connectivity index (χ1n) is 7.90. The van der Waals surface area contributed by atoms with Gasteiger partial charge < -0.3 is 20.3 Å². The lowest BCUT2D eigenvalue weighted by atomic mass is 9.94. The van der Waals surface area contributed by atoms with E-state index in [1.54, 1.807) is 24.1 Å². The van der Waals surface area contributed by atoms with E-state index in [9.17, 15) is 9.59 Å². The van der Waals surface area contributed by atoms with Gasteiger partial charge in [-0.05, 0) is 25.0 Å². The number of piperidine rings is 1. The first kappa shape index (κ1) is 15.7. The number of carbonyl (C=O) groups excluding carboxylic acids is 2. The van der Waals surface area contributed by atoms with Crippen LogP contribution in [0, 0.1) is 5.92 Å². The van der Waals surface area contributed by atoms with Crippen molar-refractivity contribution in [1.82, 2.24) is 14.8 Å². The molecule has 3 fully saturated rings. The molecule has 2 amide bonds. The number of hydrogen-bond donors (Lipinski definition) is 1. The maximum Gasteiger partial charge on any atom is 0.254 e. The number of fused-ring (bicyclic) bond motifs is 4. The summed E-state index contributed by atoms with van der Waals surface area (Å²) in [7, 11) is 1.63. The molecule has 2 atom stereocenters. The number of amides is 2. The van der Waals surface area contributed by atoms with Crippen LogP contribution in [0.3, 0.4) is 0 Å². The average Bonchev–Trinajstić information content (AvgIpc) is 2.83. The van der Waals surface area contributed by atoms with Crippen LogP contribution >= 0.6 is 0 Å². The van der Waals surface area contributed by atoms with Crippen molar-refractivity contribution in [2.75, 3.05) is 39.1 Å². The molecule has 7 heteroatoms. The van der Waals surface area contributed by atoms with E-state index in [0.29, 0.717) is 37.6 Å². The van der Waals surface area contributed by atoms with Gasteiger partial charge in [0.25, 0.3) is 5.91 Å². The van der Waals surface area contributed by atoms with Crippen molar-refractivity contribution in [2.45, 2.75) is 18.9 Å². The molecule has 0 aliphatic carbocycles. The number of pyridine rings is 1. The van der Waals surface area contributed by atoms with Crippen molar-refractivity contribution in [3.63, 3.8) is 0 Å². The fourth-order valence-electron chi connectivity index (χ4n) is 3.45. The van der Waals surface area contributed by atoms with Gasteiger partial charge in [-0.1, -0.05) is 0 Å². The van der Waals surface area contributed by atoms with E-state index in [1.807, 2.05) is 4.90 Å². The van der Waals surface area contributed by atoms with E-state index in [1.165, 1.54) is 6.20 Å². The van der Waals surface area contributed by atoms with Crippen LogP contribution in [0.1, 0.15) is 23.2 Å². The highest BCUT2D eigenvalue weighted by Crippen LogP contribution is 2.29. The number of anilines is 1. The van der Waals surface area contributed by atoms with Gasteiger partial charge in [0.05, 0.1) is 12.5 Å². The molecule has 3 aliphatic heterocycles. The topological polar surface area (TPSA) is 88.8 Å². The predicted molar refractivity (Wildman–Crippen MR) is 84.7 cm³/mol. The average molecular weight is 318 g/mol. The Balaban J connectivity index is 1.78. The lowest BCUT2D eigenvalue weighted by Gasteiger charge is -2.35. The summed E-state index contributed by atoms with van der Waals surface area (Å²) >= 11 is 0. The molecule has 0 radical (unpaired) electrons. The van der Waals surface area contributed by atoms with Crippen molar-refractivity contribution in [2.24, 2.45) is 5.92 Å². The van der Waals surface area contributed by atoms with Crippen LogP contribution in [0.4, 0.5) is 5.82 Å². The lowest BCUT2D eigenvalue weighted by Crippen LogP contribution is -2.49. The SMILES string of the molecule is COCCN1C(=O)[C@H]2CC[C@@H]1CN(C(=O)c1ccnc(N)c1)C2. The second-order valence-corrected chi connectivity index (χ2v) is 6.13. The van der Waals surface area contributed by atoms with Crippen LogP contribution in [0.2, 0.25) is 0 Å². The van der Waals surface area contributed by atoms with Gasteiger partial charge in [-0.2, -0.15) is 0 Å². The summed E-state index contributed by atoms with van der Waals surface area (Å²) in [5, 5.41) is 0. The highest BCUT2D eigenvalue weighted by atomic mass is 16.5. The normalized spacial score (nSPS) is 24.0. The molecule has 124 valence electrons. The molecule has 3 aliphatic rings. The zero-order valence-electron chi connectivity index (χ0n) is 13.3. The number of ether oxygens (including phenoxy) is 1. The number of nitrogens with zero attached hydrogens (tertiary/aromatic N) is 3. The maximum absolute atomic E-state index is 12.7. The molecule has 23 heavy (non-hydrogen) atoms. The van der Waals surface area contributed by atoms with E-state index in [4.69, 9.17) is 10.5 Å². The van der Waals surface area contributed by atoms with Crippen molar-refractivity contribution >= 4 is 17.6 Å². The quantitative estimate of drug-likeness (QED) is 0.866. The highest BCUT2D eigenvalue weighted by molar-refractivity contribution is 5.95. The fourth-order valence-corrected chi connectivity index (χ4v) is 3.45. The Kier molecular flexibility index (Phi) is 4.47. The largest absolute Gasteiger partial charge is 0.384 e. The molecule has 1 aromatic heterocycles. The third kappa shape index (κ3) is 3.14. The highest BCUT2D eigenvalue weighted by Gasteiger charge is 2.41. The van der Waals surface area contributed by atoms with E-state index in [-0.39, 0.29) is 23.8 Å². The third-order valence-corrected chi connectivity index (χ3v) is 4.64. The van der Waals surface area contributed by atoms with Crippen LogP contribution in [-0.4, -0.2) is 66.0 Å². The summed E-state index contributed by atoms with van der Waals surface area (Å²) in [6.45, 7) is 2.14. The fraction of sp³-hybridized carbons (Fsp3) is 0.562. The molecule has 3 saturated heterocycles. The second-order valence-electron chi connectivity index (χ2n) is 6.13. The number of carbonyl (C=O) groups is 2. The molecule has 2 N–H and O–H groups in total. The minimum Gasteiger partial charge on any atom is -0.384 e.